The zero-order valence-electron chi connectivity index (χ0n) is 8.06. The summed E-state index contributed by atoms with van der Waals surface area (Å²) in [5.41, 5.74) is 7.25. The molecule has 2 rings (SSSR count). The van der Waals surface area contributed by atoms with Gasteiger partial charge in [-0.15, -0.1) is 5.10 Å². The Labute approximate surface area is 85.6 Å². The summed E-state index contributed by atoms with van der Waals surface area (Å²) in [5, 5.41) is 8.69. The van der Waals surface area contributed by atoms with Crippen LogP contribution in [0.2, 0.25) is 0 Å². The molecule has 6 heteroatoms. The van der Waals surface area contributed by atoms with Gasteiger partial charge >= 0.3 is 0 Å². The summed E-state index contributed by atoms with van der Waals surface area (Å²) in [6.07, 6.45) is 1.80. The van der Waals surface area contributed by atoms with Crippen molar-refractivity contribution in [3.05, 3.63) is 22.5 Å². The number of rotatable bonds is 2. The fourth-order valence-corrected chi connectivity index (χ4v) is 1.87. The molecule has 0 aromatic carbocycles. The molecule has 2 aromatic rings. The minimum absolute atomic E-state index is 0.406. The molecule has 0 spiro atoms. The van der Waals surface area contributed by atoms with Crippen molar-refractivity contribution < 1.29 is 0 Å². The van der Waals surface area contributed by atoms with Crippen molar-refractivity contribution in [1.29, 1.82) is 0 Å². The summed E-state index contributed by atoms with van der Waals surface area (Å²) >= 11 is 1.60. The van der Waals surface area contributed by atoms with Crippen LogP contribution in [0.3, 0.4) is 0 Å². The van der Waals surface area contributed by atoms with Gasteiger partial charge in [0.15, 0.2) is 0 Å². The van der Waals surface area contributed by atoms with Gasteiger partial charge in [-0.25, -0.2) is 4.98 Å². The van der Waals surface area contributed by atoms with E-state index in [0.29, 0.717) is 6.54 Å². The van der Waals surface area contributed by atoms with Gasteiger partial charge in [0.1, 0.15) is 0 Å². The first-order chi connectivity index (χ1) is 6.70. The molecule has 0 aliphatic heterocycles. The number of aromatic nitrogens is 4. The number of hydrogen-bond acceptors (Lipinski definition) is 5. The smallest absolute Gasteiger partial charge is 0.212 e. The molecule has 0 amide bonds. The second-order valence-electron chi connectivity index (χ2n) is 3.00. The van der Waals surface area contributed by atoms with E-state index in [2.05, 4.69) is 15.3 Å². The lowest BCUT2D eigenvalue weighted by Crippen LogP contribution is -1.95. The van der Waals surface area contributed by atoms with Crippen LogP contribution >= 0.6 is 11.3 Å². The molecular weight excluding hydrogens is 198 g/mol. The molecule has 0 saturated carbocycles. The minimum Gasteiger partial charge on any atom is -0.325 e. The number of thiazole rings is 1. The lowest BCUT2D eigenvalue weighted by molar-refractivity contribution is 0.789. The Kier molecular flexibility index (Phi) is 2.30. The van der Waals surface area contributed by atoms with Crippen molar-refractivity contribution >= 4 is 11.3 Å². The van der Waals surface area contributed by atoms with Gasteiger partial charge in [0.25, 0.3) is 0 Å². The van der Waals surface area contributed by atoms with Gasteiger partial charge < -0.3 is 5.73 Å². The van der Waals surface area contributed by atoms with Gasteiger partial charge in [0.2, 0.25) is 5.13 Å². The molecule has 0 unspecified atom stereocenters. The molecular formula is C8H11N5S. The van der Waals surface area contributed by atoms with Crippen LogP contribution in [0.1, 0.15) is 16.3 Å². The zero-order valence-corrected chi connectivity index (χ0v) is 8.88. The van der Waals surface area contributed by atoms with Crippen LogP contribution in [0.5, 0.6) is 0 Å². The van der Waals surface area contributed by atoms with Crippen molar-refractivity contribution in [2.24, 2.45) is 5.73 Å². The van der Waals surface area contributed by atoms with Crippen molar-refractivity contribution in [2.45, 2.75) is 20.4 Å². The molecule has 2 N–H and O–H groups in total. The van der Waals surface area contributed by atoms with Crippen LogP contribution in [0.25, 0.3) is 5.13 Å². The van der Waals surface area contributed by atoms with Crippen LogP contribution < -0.4 is 5.73 Å². The molecule has 14 heavy (non-hydrogen) atoms. The van der Waals surface area contributed by atoms with E-state index < -0.39 is 0 Å². The summed E-state index contributed by atoms with van der Waals surface area (Å²) in [6.45, 7) is 4.43. The molecule has 0 aliphatic carbocycles. The average Bonchev–Trinajstić information content (AvgIpc) is 2.74. The maximum atomic E-state index is 5.44. The van der Waals surface area contributed by atoms with Crippen LogP contribution in [-0.2, 0) is 6.54 Å². The number of nitrogens with two attached hydrogens (primary N) is 1. The highest BCUT2D eigenvalue weighted by Crippen LogP contribution is 2.19. The van der Waals surface area contributed by atoms with Gasteiger partial charge in [-0.3, -0.25) is 0 Å². The van der Waals surface area contributed by atoms with E-state index in [-0.39, 0.29) is 0 Å². The first-order valence-corrected chi connectivity index (χ1v) is 5.08. The predicted molar refractivity (Wildman–Crippen MR) is 54.4 cm³/mol. The van der Waals surface area contributed by atoms with Gasteiger partial charge in [0, 0.05) is 11.4 Å². The topological polar surface area (TPSA) is 69.6 Å². The Hall–Kier alpha value is -1.27. The number of hydrogen-bond donors (Lipinski definition) is 1. The molecule has 0 bridgehead atoms. The number of nitrogens with zero attached hydrogens (tertiary/aromatic N) is 4. The lowest BCUT2D eigenvalue weighted by atomic mass is 10.4. The van der Waals surface area contributed by atoms with Crippen LogP contribution in [0.15, 0.2) is 6.20 Å². The highest BCUT2D eigenvalue weighted by Gasteiger charge is 2.07. The monoisotopic (exact) mass is 209 g/mol. The second-order valence-corrected chi connectivity index (χ2v) is 4.18. The second kappa shape index (κ2) is 3.47. The normalized spacial score (nSPS) is 10.8. The zero-order chi connectivity index (χ0) is 10.1. The van der Waals surface area contributed by atoms with Crippen molar-refractivity contribution in [1.82, 2.24) is 20.0 Å². The van der Waals surface area contributed by atoms with E-state index >= 15 is 0 Å². The molecule has 74 valence electrons. The molecule has 0 atom stereocenters. The van der Waals surface area contributed by atoms with E-state index in [9.17, 15) is 0 Å². The molecule has 0 radical (unpaired) electrons. The number of aryl methyl sites for hydroxylation is 2. The Morgan fingerprint density at radius 3 is 2.79 bits per heavy atom. The third-order valence-electron chi connectivity index (χ3n) is 1.96. The Morgan fingerprint density at radius 2 is 2.29 bits per heavy atom. The summed E-state index contributed by atoms with van der Waals surface area (Å²) in [5.74, 6) is 0. The van der Waals surface area contributed by atoms with E-state index in [1.807, 2.05) is 13.8 Å². The molecule has 0 saturated heterocycles. The lowest BCUT2D eigenvalue weighted by Gasteiger charge is -1.89. The molecule has 0 aliphatic rings. The summed E-state index contributed by atoms with van der Waals surface area (Å²) in [6, 6.07) is 0. The van der Waals surface area contributed by atoms with Crippen molar-refractivity contribution in [3.8, 4) is 5.13 Å². The predicted octanol–water partition coefficient (Wildman–Crippen LogP) is 0.799. The highest BCUT2D eigenvalue weighted by atomic mass is 32.1. The van der Waals surface area contributed by atoms with E-state index in [1.54, 1.807) is 22.2 Å². The Balaban J connectivity index is 2.39. The van der Waals surface area contributed by atoms with Crippen LogP contribution in [-0.4, -0.2) is 20.0 Å². The molecule has 0 fully saturated rings. The Bertz CT molecular complexity index is 425. The third-order valence-corrected chi connectivity index (χ3v) is 3.03. The van der Waals surface area contributed by atoms with E-state index in [1.165, 1.54) is 4.88 Å². The third kappa shape index (κ3) is 1.53. The maximum Gasteiger partial charge on any atom is 0.212 e. The van der Waals surface area contributed by atoms with E-state index in [4.69, 9.17) is 5.73 Å². The first kappa shape index (κ1) is 9.29. The maximum absolute atomic E-state index is 5.44. The van der Waals surface area contributed by atoms with Gasteiger partial charge in [0.05, 0.1) is 17.6 Å². The van der Waals surface area contributed by atoms with E-state index in [0.717, 1.165) is 16.5 Å². The summed E-state index contributed by atoms with van der Waals surface area (Å²) in [4.78, 5) is 5.57. The Morgan fingerprint density at radius 1 is 1.50 bits per heavy atom. The molecule has 2 aromatic heterocycles. The van der Waals surface area contributed by atoms with Gasteiger partial charge in [-0.2, -0.15) is 4.68 Å². The van der Waals surface area contributed by atoms with Gasteiger partial charge in [-0.05, 0) is 13.8 Å². The fourth-order valence-electron chi connectivity index (χ4n) is 1.04. The largest absolute Gasteiger partial charge is 0.325 e. The minimum atomic E-state index is 0.406. The summed E-state index contributed by atoms with van der Waals surface area (Å²) < 4.78 is 1.66. The standard InChI is InChI=1S/C8H11N5S/c1-5-6(2)14-8(10-5)13-4-7(3-9)11-12-13/h4H,3,9H2,1-2H3. The molecule has 5 nitrogen and oxygen atoms in total. The quantitative estimate of drug-likeness (QED) is 0.794. The molecule has 2 heterocycles. The van der Waals surface area contributed by atoms with Crippen molar-refractivity contribution in [3.63, 3.8) is 0 Å². The fraction of sp³-hybridized carbons (Fsp3) is 0.375. The SMILES string of the molecule is Cc1nc(-n2cc(CN)nn2)sc1C. The first-order valence-electron chi connectivity index (χ1n) is 4.26. The average molecular weight is 209 g/mol. The summed E-state index contributed by atoms with van der Waals surface area (Å²) in [7, 11) is 0. The van der Waals surface area contributed by atoms with Crippen LogP contribution in [0, 0.1) is 13.8 Å². The van der Waals surface area contributed by atoms with Crippen LogP contribution in [0.4, 0.5) is 0 Å². The van der Waals surface area contributed by atoms with Gasteiger partial charge in [-0.1, -0.05) is 16.6 Å². The highest BCUT2D eigenvalue weighted by molar-refractivity contribution is 7.14. The van der Waals surface area contributed by atoms with Crippen molar-refractivity contribution in [2.75, 3.05) is 0 Å².